The lowest BCUT2D eigenvalue weighted by molar-refractivity contribution is -0.137. The van der Waals surface area contributed by atoms with Gasteiger partial charge in [-0.25, -0.2) is 19.6 Å². The van der Waals surface area contributed by atoms with Crippen LogP contribution in [-0.4, -0.2) is 92.9 Å². The molecule has 4 amide bonds. The predicted molar refractivity (Wildman–Crippen MR) is 210 cm³/mol. The number of anilines is 1. The zero-order chi connectivity index (χ0) is 39.8. The monoisotopic (exact) mass is 772 g/mol. The summed E-state index contributed by atoms with van der Waals surface area (Å²) in [5.41, 5.74) is 8.63. The highest BCUT2D eigenvalue weighted by Gasteiger charge is 2.43. The molecule has 0 bridgehead atoms. The molecule has 0 aliphatic carbocycles. The Hall–Kier alpha value is -6.48. The van der Waals surface area contributed by atoms with E-state index in [4.69, 9.17) is 9.72 Å². The van der Waals surface area contributed by atoms with Gasteiger partial charge in [0.05, 0.1) is 61.9 Å². The second-order valence-corrected chi connectivity index (χ2v) is 14.6. The normalized spacial score (nSPS) is 19.7. The van der Waals surface area contributed by atoms with E-state index in [1.165, 1.54) is 21.1 Å². The molecule has 5 aromatic rings. The molecular formula is C42H44N8O7. The summed E-state index contributed by atoms with van der Waals surface area (Å²) in [7, 11) is 2.50. The third-order valence-electron chi connectivity index (χ3n) is 11.2. The molecule has 3 aliphatic heterocycles. The van der Waals surface area contributed by atoms with Gasteiger partial charge < -0.3 is 40.1 Å². The van der Waals surface area contributed by atoms with Gasteiger partial charge in [-0.15, -0.1) is 0 Å². The molecule has 8 rings (SSSR count). The summed E-state index contributed by atoms with van der Waals surface area (Å²) in [5, 5.41) is 15.4. The molecule has 3 aromatic carbocycles. The average Bonchev–Trinajstić information content (AvgIpc) is 4.06. The lowest BCUT2D eigenvalue weighted by Crippen LogP contribution is -2.53. The van der Waals surface area contributed by atoms with E-state index < -0.39 is 36.3 Å². The van der Waals surface area contributed by atoms with Crippen LogP contribution in [0.2, 0.25) is 0 Å². The fourth-order valence-corrected chi connectivity index (χ4v) is 8.24. The first kappa shape index (κ1) is 37.4. The number of amides is 4. The molecule has 0 radical (unpaired) electrons. The SMILES string of the molecule is COC(=O)N[C@H]1CCc2cccc3c2N(C1=O)[C@H](c1ncc(-c2ccc(-c4ccc(-c5cnc([C@@H]6CCCN6C(=O)[C@@H](NC(=O)OC)[C@@H](C)O)[nH]5)cc4)cc2)[nH]1)C3. The number of aliphatic hydroxyl groups excluding tert-OH is 1. The summed E-state index contributed by atoms with van der Waals surface area (Å²) >= 11 is 0. The van der Waals surface area contributed by atoms with Crippen LogP contribution in [0, 0.1) is 0 Å². The third kappa shape index (κ3) is 7.21. The molecule has 0 unspecified atom stereocenters. The van der Waals surface area contributed by atoms with Gasteiger partial charge in [0.2, 0.25) is 11.8 Å². The molecule has 294 valence electrons. The second-order valence-electron chi connectivity index (χ2n) is 14.6. The number of carbonyl (C=O) groups is 4. The molecule has 5 N–H and O–H groups in total. The molecule has 1 fully saturated rings. The highest BCUT2D eigenvalue weighted by Crippen LogP contribution is 2.44. The van der Waals surface area contributed by atoms with Crippen LogP contribution in [0.4, 0.5) is 15.3 Å². The Morgan fingerprint density at radius 3 is 1.98 bits per heavy atom. The summed E-state index contributed by atoms with van der Waals surface area (Å²) in [4.78, 5) is 70.9. The number of methoxy groups -OCH3 is 2. The van der Waals surface area contributed by atoms with Gasteiger partial charge in [-0.3, -0.25) is 14.5 Å². The van der Waals surface area contributed by atoms with Crippen molar-refractivity contribution in [3.05, 3.63) is 102 Å². The van der Waals surface area contributed by atoms with E-state index in [1.54, 1.807) is 22.2 Å². The topological polar surface area (TPSA) is 195 Å². The number of ether oxygens (including phenoxy) is 2. The fraction of sp³-hybridized carbons (Fsp3) is 0.333. The fourth-order valence-electron chi connectivity index (χ4n) is 8.24. The van der Waals surface area contributed by atoms with Crippen molar-refractivity contribution < 1.29 is 33.8 Å². The number of likely N-dealkylation sites (tertiary alicyclic amines) is 1. The summed E-state index contributed by atoms with van der Waals surface area (Å²) in [6.07, 6.45) is 4.22. The number of aliphatic hydroxyl groups is 1. The van der Waals surface area contributed by atoms with E-state index in [0.717, 1.165) is 56.9 Å². The zero-order valence-electron chi connectivity index (χ0n) is 31.8. The number of aromatic nitrogens is 4. The minimum atomic E-state index is -1.14. The number of benzene rings is 3. The van der Waals surface area contributed by atoms with E-state index in [1.807, 2.05) is 54.6 Å². The van der Waals surface area contributed by atoms with E-state index >= 15 is 0 Å². The predicted octanol–water partition coefficient (Wildman–Crippen LogP) is 5.20. The molecule has 5 atom stereocenters. The highest BCUT2D eigenvalue weighted by atomic mass is 16.5. The summed E-state index contributed by atoms with van der Waals surface area (Å²) < 4.78 is 9.45. The van der Waals surface area contributed by atoms with Gasteiger partial charge in [-0.05, 0) is 66.0 Å². The van der Waals surface area contributed by atoms with Crippen LogP contribution in [0.25, 0.3) is 33.6 Å². The van der Waals surface area contributed by atoms with Crippen molar-refractivity contribution >= 4 is 29.7 Å². The minimum Gasteiger partial charge on any atom is -0.453 e. The van der Waals surface area contributed by atoms with Crippen LogP contribution in [0.1, 0.15) is 61.0 Å². The van der Waals surface area contributed by atoms with Crippen LogP contribution >= 0.6 is 0 Å². The Morgan fingerprint density at radius 2 is 1.39 bits per heavy atom. The Balaban J connectivity index is 0.951. The van der Waals surface area contributed by atoms with Crippen molar-refractivity contribution in [3.8, 4) is 33.6 Å². The zero-order valence-corrected chi connectivity index (χ0v) is 31.8. The first-order valence-corrected chi connectivity index (χ1v) is 19.1. The van der Waals surface area contributed by atoms with E-state index in [9.17, 15) is 24.3 Å². The summed E-state index contributed by atoms with van der Waals surface area (Å²) in [6, 6.07) is 19.9. The van der Waals surface area contributed by atoms with Crippen molar-refractivity contribution in [1.82, 2.24) is 35.5 Å². The number of imidazole rings is 2. The molecule has 2 aromatic heterocycles. The highest BCUT2D eigenvalue weighted by molar-refractivity contribution is 6.02. The quantitative estimate of drug-likeness (QED) is 0.134. The van der Waals surface area contributed by atoms with Gasteiger partial charge in [-0.2, -0.15) is 0 Å². The number of alkyl carbamates (subject to hydrolysis) is 2. The van der Waals surface area contributed by atoms with Gasteiger partial charge in [0, 0.05) is 13.0 Å². The number of aryl methyl sites for hydroxylation is 1. The number of nitrogens with zero attached hydrogens (tertiary/aromatic N) is 4. The van der Waals surface area contributed by atoms with Gasteiger partial charge in [-0.1, -0.05) is 66.7 Å². The maximum absolute atomic E-state index is 13.9. The first-order chi connectivity index (χ1) is 27.6. The van der Waals surface area contributed by atoms with Crippen molar-refractivity contribution in [3.63, 3.8) is 0 Å². The molecular weight excluding hydrogens is 729 g/mol. The van der Waals surface area contributed by atoms with Crippen LogP contribution in [0.3, 0.4) is 0 Å². The molecule has 3 aliphatic rings. The Morgan fingerprint density at radius 1 is 0.807 bits per heavy atom. The lowest BCUT2D eigenvalue weighted by Gasteiger charge is -2.29. The van der Waals surface area contributed by atoms with E-state index in [-0.39, 0.29) is 18.0 Å². The molecule has 5 heterocycles. The third-order valence-corrected chi connectivity index (χ3v) is 11.2. The number of para-hydroxylation sites is 1. The Labute approximate surface area is 328 Å². The van der Waals surface area contributed by atoms with Gasteiger partial charge in [0.1, 0.15) is 23.7 Å². The number of carbonyl (C=O) groups excluding carboxylic acids is 4. The lowest BCUT2D eigenvalue weighted by atomic mass is 10.0. The maximum atomic E-state index is 13.9. The standard InChI is InChI=1S/C42H44N8O7/c1-23(51)35(48-42(55)57-3)40(53)49-19-5-8-33(49)37-43-21-31(45-37)26-13-9-24(10-14-26)25-11-15-27(16-12-25)32-22-44-38(46-32)34-20-29-7-4-6-28-17-18-30(47-41(54)56-2)39(52)50(34)36(28)29/h4,6-7,9-16,21-23,30,33-35,51H,5,8,17-20H2,1-3H3,(H,43,45)(H,44,46)(H,47,54)(H,48,55)/t23-,30+,33+,34+,35+/m1/s1. The summed E-state index contributed by atoms with van der Waals surface area (Å²) in [5.74, 6) is 0.740. The van der Waals surface area contributed by atoms with Crippen molar-refractivity contribution in [2.75, 3.05) is 25.7 Å². The molecule has 15 nitrogen and oxygen atoms in total. The molecule has 1 saturated heterocycles. The van der Waals surface area contributed by atoms with E-state index in [2.05, 4.69) is 42.5 Å². The molecule has 15 heteroatoms. The van der Waals surface area contributed by atoms with Crippen molar-refractivity contribution in [2.24, 2.45) is 0 Å². The van der Waals surface area contributed by atoms with E-state index in [0.29, 0.717) is 43.9 Å². The number of rotatable bonds is 9. The maximum Gasteiger partial charge on any atom is 0.407 e. The molecule has 57 heavy (non-hydrogen) atoms. The van der Waals surface area contributed by atoms with Gasteiger partial charge >= 0.3 is 12.2 Å². The minimum absolute atomic E-state index is 0.180. The largest absolute Gasteiger partial charge is 0.453 e. The van der Waals surface area contributed by atoms with Crippen molar-refractivity contribution in [1.29, 1.82) is 0 Å². The Bertz CT molecular complexity index is 2300. The number of H-pyrrole nitrogens is 2. The smallest absolute Gasteiger partial charge is 0.407 e. The average molecular weight is 773 g/mol. The van der Waals surface area contributed by atoms with Gasteiger partial charge in [0.15, 0.2) is 0 Å². The number of nitrogens with one attached hydrogen (secondary N) is 4. The number of hydrogen-bond donors (Lipinski definition) is 5. The van der Waals surface area contributed by atoms with Gasteiger partial charge in [0.25, 0.3) is 0 Å². The van der Waals surface area contributed by atoms with Crippen molar-refractivity contribution in [2.45, 2.75) is 69.3 Å². The van der Waals surface area contributed by atoms with Crippen LogP contribution in [0.5, 0.6) is 0 Å². The second kappa shape index (κ2) is 15.6. The van der Waals surface area contributed by atoms with Crippen LogP contribution in [-0.2, 0) is 31.9 Å². The van der Waals surface area contributed by atoms with Crippen LogP contribution < -0.4 is 15.5 Å². The molecule has 0 spiro atoms. The van der Waals surface area contributed by atoms with Crippen LogP contribution in [0.15, 0.2) is 79.1 Å². The Kier molecular flexibility index (Phi) is 10.2. The number of hydrogen-bond acceptors (Lipinski definition) is 9. The number of aromatic amines is 2. The molecule has 0 saturated carbocycles. The summed E-state index contributed by atoms with van der Waals surface area (Å²) in [6.45, 7) is 1.94. The first-order valence-electron chi connectivity index (χ1n) is 19.1.